The Morgan fingerprint density at radius 3 is 2.30 bits per heavy atom. The molecule has 0 aromatic heterocycles. The van der Waals surface area contributed by atoms with Crippen molar-refractivity contribution in [3.8, 4) is 16.9 Å². The van der Waals surface area contributed by atoms with E-state index in [9.17, 15) is 18.3 Å². The zero-order valence-corrected chi connectivity index (χ0v) is 28.8. The molecule has 0 aliphatic carbocycles. The van der Waals surface area contributed by atoms with Crippen LogP contribution in [0.4, 0.5) is 10.1 Å². The van der Waals surface area contributed by atoms with Crippen LogP contribution in [0.5, 0.6) is 5.75 Å². The third-order valence-corrected chi connectivity index (χ3v) is 9.43. The number of halogens is 1. The molecular weight excluding hydrogens is 581 g/mol. The van der Waals surface area contributed by atoms with Crippen molar-refractivity contribution < 1.29 is 32.2 Å². The van der Waals surface area contributed by atoms with E-state index in [0.29, 0.717) is 28.0 Å². The van der Waals surface area contributed by atoms with Crippen molar-refractivity contribution in [2.45, 2.75) is 99.2 Å². The van der Waals surface area contributed by atoms with E-state index in [1.807, 2.05) is 39.0 Å². The molecule has 0 amide bonds. The lowest BCUT2D eigenvalue weighted by Gasteiger charge is -2.35. The lowest BCUT2D eigenvalue weighted by atomic mass is 9.79. The highest BCUT2D eigenvalue weighted by Gasteiger charge is 2.37. The summed E-state index contributed by atoms with van der Waals surface area (Å²) in [5.41, 5.74) is 5.83. The van der Waals surface area contributed by atoms with Gasteiger partial charge in [-0.3, -0.25) is 4.31 Å². The summed E-state index contributed by atoms with van der Waals surface area (Å²) >= 11 is 0. The van der Waals surface area contributed by atoms with E-state index in [1.165, 1.54) is 4.31 Å². The van der Waals surface area contributed by atoms with Gasteiger partial charge in [0.25, 0.3) is 0 Å². The second-order valence-corrected chi connectivity index (χ2v) is 14.6. The molecule has 1 heterocycles. The molecule has 1 N–H and O–H groups in total. The molecule has 0 saturated carbocycles. The number of nitrogens with zero attached hydrogens (tertiary/aromatic N) is 1. The fraction of sp³-hybridized carbons (Fsp3) is 0.514. The monoisotopic (exact) mass is 629 g/mol. The van der Waals surface area contributed by atoms with E-state index in [1.54, 1.807) is 47.8 Å². The van der Waals surface area contributed by atoms with Gasteiger partial charge in [0.2, 0.25) is 10.0 Å². The average Bonchev–Trinajstić information content (AvgIpc) is 2.91. The van der Waals surface area contributed by atoms with Gasteiger partial charge in [-0.05, 0) is 105 Å². The molecule has 0 unspecified atom stereocenters. The van der Waals surface area contributed by atoms with Crippen molar-refractivity contribution >= 4 is 21.7 Å². The van der Waals surface area contributed by atoms with Gasteiger partial charge in [-0.2, -0.15) is 0 Å². The van der Waals surface area contributed by atoms with Crippen LogP contribution in [0.15, 0.2) is 35.7 Å². The van der Waals surface area contributed by atoms with Gasteiger partial charge in [0.1, 0.15) is 11.6 Å². The first kappa shape index (κ1) is 35.3. The Morgan fingerprint density at radius 2 is 1.77 bits per heavy atom. The highest BCUT2D eigenvalue weighted by atomic mass is 32.2. The standard InChI is InChI=1S/C35H48FNO6S/c1-12-13-25-22(4)26(16-17-28(25)42-10)30-23(5)29-21(3)15-14-20(2)27(36)18-19-37(44(11,40)41)32(29)24(6)31(30)33(34(38)39)43-35(7,8)9/h14-17,21,33H,12-13,18-19H2,1-11H3,(H,38,39)/b15-14-,27-20+/t21-,33+/m1/s1. The Kier molecular flexibility index (Phi) is 10.8. The van der Waals surface area contributed by atoms with Gasteiger partial charge in [0.05, 0.1) is 24.7 Å². The van der Waals surface area contributed by atoms with Gasteiger partial charge in [-0.1, -0.05) is 38.5 Å². The SMILES string of the molecule is CCCc1c(OC)ccc(-c2c(C)c3c(c(C)c2[C@H](OC(C)(C)C)C(=O)O)N(S(C)(=O)=O)CC/C(F)=C(C)\C=C/[C@H]3C)c1C. The normalized spacial score (nSPS) is 19.4. The van der Waals surface area contributed by atoms with Crippen LogP contribution in [0.3, 0.4) is 0 Å². The van der Waals surface area contributed by atoms with Crippen LogP contribution in [0, 0.1) is 20.8 Å². The summed E-state index contributed by atoms with van der Waals surface area (Å²) in [6.45, 7) is 16.6. The molecule has 1 aliphatic heterocycles. The molecule has 0 saturated heterocycles. The molecule has 0 radical (unpaired) electrons. The van der Waals surface area contributed by atoms with Crippen LogP contribution in [0.2, 0.25) is 0 Å². The van der Waals surface area contributed by atoms with Gasteiger partial charge >= 0.3 is 5.97 Å². The number of aliphatic carboxylic acids is 1. The smallest absolute Gasteiger partial charge is 0.337 e. The maximum atomic E-state index is 15.1. The van der Waals surface area contributed by atoms with Gasteiger partial charge in [-0.25, -0.2) is 17.6 Å². The lowest BCUT2D eigenvalue weighted by Crippen LogP contribution is -2.35. The first-order valence-electron chi connectivity index (χ1n) is 15.1. The quantitative estimate of drug-likeness (QED) is 0.316. The minimum absolute atomic E-state index is 0.120. The minimum atomic E-state index is -3.90. The van der Waals surface area contributed by atoms with E-state index in [-0.39, 0.29) is 18.9 Å². The number of carboxylic acids is 1. The number of anilines is 1. The number of hydrogen-bond acceptors (Lipinski definition) is 5. The van der Waals surface area contributed by atoms with Crippen LogP contribution in [-0.2, 0) is 26.0 Å². The summed E-state index contributed by atoms with van der Waals surface area (Å²) in [5, 5.41) is 10.7. The summed E-state index contributed by atoms with van der Waals surface area (Å²) in [6, 6.07) is 3.85. The Labute approximate surface area is 262 Å². The molecule has 2 aromatic carbocycles. The first-order chi connectivity index (χ1) is 20.3. The number of rotatable bonds is 8. The van der Waals surface area contributed by atoms with Crippen molar-refractivity contribution in [3.63, 3.8) is 0 Å². The number of benzene rings is 2. The molecular formula is C35H48FNO6S. The summed E-state index contributed by atoms with van der Waals surface area (Å²) in [6.07, 6.45) is 4.83. The maximum absolute atomic E-state index is 15.1. The maximum Gasteiger partial charge on any atom is 0.337 e. The molecule has 0 spiro atoms. The van der Waals surface area contributed by atoms with Crippen molar-refractivity contribution in [2.24, 2.45) is 0 Å². The van der Waals surface area contributed by atoms with Crippen LogP contribution >= 0.6 is 0 Å². The van der Waals surface area contributed by atoms with Crippen LogP contribution in [-0.4, -0.2) is 45.0 Å². The molecule has 44 heavy (non-hydrogen) atoms. The number of ether oxygens (including phenoxy) is 2. The van der Waals surface area contributed by atoms with Crippen LogP contribution < -0.4 is 9.04 Å². The first-order valence-corrected chi connectivity index (χ1v) is 17.0. The summed E-state index contributed by atoms with van der Waals surface area (Å²) in [7, 11) is -2.27. The molecule has 2 aromatic rings. The topological polar surface area (TPSA) is 93.1 Å². The molecule has 1 aliphatic rings. The van der Waals surface area contributed by atoms with E-state index in [4.69, 9.17) is 9.47 Å². The van der Waals surface area contributed by atoms with E-state index < -0.39 is 33.5 Å². The van der Waals surface area contributed by atoms with Crippen molar-refractivity contribution in [3.05, 3.63) is 69.1 Å². The zero-order chi connectivity index (χ0) is 33.3. The van der Waals surface area contributed by atoms with Gasteiger partial charge in [-0.15, -0.1) is 0 Å². The second kappa shape index (κ2) is 13.4. The van der Waals surface area contributed by atoms with Gasteiger partial charge < -0.3 is 14.6 Å². The second-order valence-electron chi connectivity index (χ2n) is 12.7. The number of carboxylic acid groups (broad SMARTS) is 1. The fourth-order valence-electron chi connectivity index (χ4n) is 6.24. The predicted octanol–water partition coefficient (Wildman–Crippen LogP) is 8.25. The molecule has 0 bridgehead atoms. The number of hydrogen-bond donors (Lipinski definition) is 1. The molecule has 0 fully saturated rings. The minimum Gasteiger partial charge on any atom is -0.496 e. The number of sulfonamides is 1. The van der Waals surface area contributed by atoms with Crippen LogP contribution in [0.25, 0.3) is 11.1 Å². The van der Waals surface area contributed by atoms with E-state index in [2.05, 4.69) is 6.92 Å². The fourth-order valence-corrected chi connectivity index (χ4v) is 7.23. The van der Waals surface area contributed by atoms with Crippen LogP contribution in [0.1, 0.15) is 99.8 Å². The number of fused-ring (bicyclic) bond motifs is 1. The van der Waals surface area contributed by atoms with Crippen molar-refractivity contribution in [1.82, 2.24) is 0 Å². The molecule has 3 rings (SSSR count). The summed E-state index contributed by atoms with van der Waals surface area (Å²) < 4.78 is 55.1. The molecule has 242 valence electrons. The Bertz CT molecular complexity index is 1600. The van der Waals surface area contributed by atoms with Crippen molar-refractivity contribution in [2.75, 3.05) is 24.2 Å². The van der Waals surface area contributed by atoms with Crippen molar-refractivity contribution in [1.29, 1.82) is 0 Å². The molecule has 2 atom stereocenters. The third-order valence-electron chi connectivity index (χ3n) is 8.27. The summed E-state index contributed by atoms with van der Waals surface area (Å²) in [4.78, 5) is 13.0. The summed E-state index contributed by atoms with van der Waals surface area (Å²) in [5.74, 6) is -1.16. The van der Waals surface area contributed by atoms with Gasteiger partial charge in [0, 0.05) is 24.4 Å². The largest absolute Gasteiger partial charge is 0.496 e. The number of carbonyl (C=O) groups is 1. The van der Waals surface area contributed by atoms with E-state index in [0.717, 1.165) is 52.7 Å². The van der Waals surface area contributed by atoms with E-state index >= 15 is 4.39 Å². The number of methoxy groups -OCH3 is 1. The highest BCUT2D eigenvalue weighted by Crippen LogP contribution is 2.49. The Morgan fingerprint density at radius 1 is 1.14 bits per heavy atom. The lowest BCUT2D eigenvalue weighted by molar-refractivity contribution is -0.160. The molecule has 9 heteroatoms. The Balaban J connectivity index is 2.67. The number of allylic oxidation sites excluding steroid dienone is 3. The average molecular weight is 630 g/mol. The third kappa shape index (κ3) is 7.20. The molecule has 7 nitrogen and oxygen atoms in total. The van der Waals surface area contributed by atoms with Gasteiger partial charge in [0.15, 0.2) is 6.10 Å². The Hall–Kier alpha value is -3.17. The zero-order valence-electron chi connectivity index (χ0n) is 28.0. The predicted molar refractivity (Wildman–Crippen MR) is 176 cm³/mol. The highest BCUT2D eigenvalue weighted by molar-refractivity contribution is 7.92.